The van der Waals surface area contributed by atoms with Crippen LogP contribution in [-0.2, 0) is 11.3 Å². The van der Waals surface area contributed by atoms with Gasteiger partial charge in [0.25, 0.3) is 0 Å². The molecule has 2 aromatic heterocycles. The molecule has 1 atom stereocenters. The minimum atomic E-state index is -0.314. The number of tetrazole rings is 1. The van der Waals surface area contributed by atoms with E-state index in [2.05, 4.69) is 34.7 Å². The second kappa shape index (κ2) is 9.09. The molecule has 1 unspecified atom stereocenters. The van der Waals surface area contributed by atoms with Crippen molar-refractivity contribution in [2.45, 2.75) is 31.6 Å². The van der Waals surface area contributed by atoms with Crippen LogP contribution in [0.15, 0.2) is 46.9 Å². The number of thioether (sulfide) groups is 1. The van der Waals surface area contributed by atoms with E-state index in [1.54, 1.807) is 28.2 Å². The lowest BCUT2D eigenvalue weighted by Crippen LogP contribution is -2.30. The first-order valence-corrected chi connectivity index (χ1v) is 10.4. The van der Waals surface area contributed by atoms with E-state index in [0.717, 1.165) is 10.4 Å². The molecule has 0 saturated carbocycles. The molecule has 9 heteroatoms. The minimum Gasteiger partial charge on any atom is -0.344 e. The summed E-state index contributed by atoms with van der Waals surface area (Å²) in [6.45, 7) is 4.86. The number of halogens is 1. The van der Waals surface area contributed by atoms with Crippen LogP contribution in [0.25, 0.3) is 0 Å². The number of carbonyl (C=O) groups is 1. The first kappa shape index (κ1) is 19.5. The number of nitrogens with one attached hydrogen (secondary N) is 1. The van der Waals surface area contributed by atoms with Crippen molar-refractivity contribution in [2.24, 2.45) is 5.92 Å². The van der Waals surface area contributed by atoms with Gasteiger partial charge in [-0.2, -0.15) is 0 Å². The van der Waals surface area contributed by atoms with Crippen LogP contribution in [0.2, 0.25) is 0 Å². The summed E-state index contributed by atoms with van der Waals surface area (Å²) in [5.74, 6) is 0.161. The van der Waals surface area contributed by atoms with Gasteiger partial charge in [0.15, 0.2) is 0 Å². The molecule has 0 radical (unpaired) electrons. The van der Waals surface area contributed by atoms with E-state index in [0.29, 0.717) is 17.6 Å². The van der Waals surface area contributed by atoms with Gasteiger partial charge in [-0.05, 0) is 45.5 Å². The van der Waals surface area contributed by atoms with Gasteiger partial charge in [0.05, 0.1) is 11.8 Å². The normalized spacial score (nSPS) is 12.3. The molecule has 1 aromatic carbocycles. The van der Waals surface area contributed by atoms with Crippen molar-refractivity contribution in [3.05, 3.63) is 58.0 Å². The summed E-state index contributed by atoms with van der Waals surface area (Å²) in [6, 6.07) is 9.75. The Hall–Kier alpha value is -2.26. The van der Waals surface area contributed by atoms with Crippen LogP contribution < -0.4 is 5.32 Å². The third-order valence-electron chi connectivity index (χ3n) is 3.71. The second-order valence-electron chi connectivity index (χ2n) is 6.39. The quantitative estimate of drug-likeness (QED) is 0.581. The molecule has 1 amide bonds. The van der Waals surface area contributed by atoms with E-state index in [4.69, 9.17) is 0 Å². The van der Waals surface area contributed by atoms with Gasteiger partial charge in [-0.15, -0.1) is 16.4 Å². The maximum atomic E-state index is 13.3. The van der Waals surface area contributed by atoms with Crippen LogP contribution in [-0.4, -0.2) is 31.9 Å². The monoisotopic (exact) mass is 405 g/mol. The highest BCUT2D eigenvalue weighted by molar-refractivity contribution is 7.99. The Morgan fingerprint density at radius 1 is 1.30 bits per heavy atom. The summed E-state index contributed by atoms with van der Waals surface area (Å²) in [5.41, 5.74) is 0.835. The zero-order valence-electron chi connectivity index (χ0n) is 15.0. The summed E-state index contributed by atoms with van der Waals surface area (Å²) in [4.78, 5) is 13.5. The van der Waals surface area contributed by atoms with Gasteiger partial charge in [0, 0.05) is 11.4 Å². The van der Waals surface area contributed by atoms with Crippen molar-refractivity contribution < 1.29 is 9.18 Å². The molecule has 0 aliphatic rings. The molecule has 0 saturated heterocycles. The molecule has 0 spiro atoms. The van der Waals surface area contributed by atoms with Crippen molar-refractivity contribution in [1.82, 2.24) is 25.5 Å². The Bertz CT molecular complexity index is 864. The molecule has 2 heterocycles. The lowest BCUT2D eigenvalue weighted by molar-refractivity contribution is -0.119. The molecule has 0 bridgehead atoms. The number of nitrogens with zero attached hydrogens (tertiary/aromatic N) is 4. The van der Waals surface area contributed by atoms with E-state index in [-0.39, 0.29) is 23.5 Å². The van der Waals surface area contributed by atoms with Gasteiger partial charge in [0.1, 0.15) is 5.82 Å². The van der Waals surface area contributed by atoms with Crippen LogP contribution in [0.1, 0.15) is 30.3 Å². The summed E-state index contributed by atoms with van der Waals surface area (Å²) >= 11 is 2.84. The lowest BCUT2D eigenvalue weighted by Gasteiger charge is -2.18. The maximum absolute atomic E-state index is 13.3. The number of thiophene rings is 1. The van der Waals surface area contributed by atoms with Gasteiger partial charge in [-0.3, -0.25) is 4.79 Å². The number of aromatic nitrogens is 4. The van der Waals surface area contributed by atoms with Crippen molar-refractivity contribution in [3.63, 3.8) is 0 Å². The molecule has 3 rings (SSSR count). The Kier molecular flexibility index (Phi) is 6.57. The van der Waals surface area contributed by atoms with Crippen molar-refractivity contribution >= 4 is 29.0 Å². The number of hydrogen-bond acceptors (Lipinski definition) is 6. The molecular weight excluding hydrogens is 385 g/mol. The number of hydrogen-bond donors (Lipinski definition) is 1. The number of carbonyl (C=O) groups excluding carboxylic acids is 1. The molecule has 1 N–H and O–H groups in total. The fraction of sp³-hybridized carbons (Fsp3) is 0.333. The Morgan fingerprint density at radius 2 is 2.07 bits per heavy atom. The van der Waals surface area contributed by atoms with E-state index in [1.807, 2.05) is 17.5 Å². The predicted octanol–water partition coefficient (Wildman–Crippen LogP) is 3.53. The molecule has 27 heavy (non-hydrogen) atoms. The molecule has 0 aliphatic heterocycles. The smallest absolute Gasteiger partial charge is 0.231 e. The molecule has 0 fully saturated rings. The topological polar surface area (TPSA) is 72.7 Å². The van der Waals surface area contributed by atoms with Gasteiger partial charge < -0.3 is 5.32 Å². The maximum Gasteiger partial charge on any atom is 0.231 e. The molecule has 0 aliphatic carbocycles. The highest BCUT2D eigenvalue weighted by Gasteiger charge is 2.19. The Labute approximate surface area is 165 Å². The van der Waals surface area contributed by atoms with E-state index >= 15 is 0 Å². The highest BCUT2D eigenvalue weighted by atomic mass is 32.2. The minimum absolute atomic E-state index is 0.137. The van der Waals surface area contributed by atoms with Crippen molar-refractivity contribution in [3.8, 4) is 0 Å². The first-order valence-electron chi connectivity index (χ1n) is 8.50. The zero-order valence-corrected chi connectivity index (χ0v) is 16.6. The van der Waals surface area contributed by atoms with Crippen LogP contribution >= 0.6 is 23.1 Å². The Morgan fingerprint density at radius 3 is 2.74 bits per heavy atom. The summed E-state index contributed by atoms with van der Waals surface area (Å²) in [6.07, 6.45) is 0. The number of benzene rings is 1. The average molecular weight is 406 g/mol. The van der Waals surface area contributed by atoms with Crippen molar-refractivity contribution in [2.75, 3.05) is 5.75 Å². The molecule has 142 valence electrons. The average Bonchev–Trinajstić information content (AvgIpc) is 3.30. The van der Waals surface area contributed by atoms with Gasteiger partial charge in [-0.25, -0.2) is 9.07 Å². The molecule has 3 aromatic rings. The summed E-state index contributed by atoms with van der Waals surface area (Å²) in [7, 11) is 0. The Balaban J connectivity index is 1.67. The highest BCUT2D eigenvalue weighted by Crippen LogP contribution is 2.26. The van der Waals surface area contributed by atoms with E-state index in [1.165, 1.54) is 23.9 Å². The fourth-order valence-electron chi connectivity index (χ4n) is 2.52. The number of rotatable bonds is 8. The van der Waals surface area contributed by atoms with Gasteiger partial charge in [-0.1, -0.05) is 43.8 Å². The zero-order chi connectivity index (χ0) is 19.2. The number of amides is 1. The van der Waals surface area contributed by atoms with Crippen LogP contribution in [0.4, 0.5) is 4.39 Å². The first-order chi connectivity index (χ1) is 13.0. The van der Waals surface area contributed by atoms with Crippen LogP contribution in [0.3, 0.4) is 0 Å². The predicted molar refractivity (Wildman–Crippen MR) is 104 cm³/mol. The lowest BCUT2D eigenvalue weighted by atomic mass is 10.1. The van der Waals surface area contributed by atoms with Gasteiger partial charge >= 0.3 is 0 Å². The molecule has 6 nitrogen and oxygen atoms in total. The third kappa shape index (κ3) is 5.36. The largest absolute Gasteiger partial charge is 0.344 e. The van der Waals surface area contributed by atoms with Crippen LogP contribution in [0, 0.1) is 11.7 Å². The van der Waals surface area contributed by atoms with Gasteiger partial charge in [0.2, 0.25) is 11.1 Å². The second-order valence-corrected chi connectivity index (χ2v) is 8.32. The third-order valence-corrected chi connectivity index (χ3v) is 5.60. The fourth-order valence-corrected chi connectivity index (χ4v) is 4.02. The standard InChI is InChI=1S/C18H20FN5OS2/c1-12(2)10-24-18(21-22-23-24)27-11-16(25)20-17(15-4-3-9-26-15)13-5-7-14(19)8-6-13/h3-9,12,17H,10-11H2,1-2H3,(H,20,25). The van der Waals surface area contributed by atoms with E-state index < -0.39 is 0 Å². The van der Waals surface area contributed by atoms with Crippen molar-refractivity contribution in [1.29, 1.82) is 0 Å². The van der Waals surface area contributed by atoms with Crippen LogP contribution in [0.5, 0.6) is 0 Å². The SMILES string of the molecule is CC(C)Cn1nnnc1SCC(=O)NC(c1ccc(F)cc1)c1cccs1. The summed E-state index contributed by atoms with van der Waals surface area (Å²) < 4.78 is 15.0. The van der Waals surface area contributed by atoms with E-state index in [9.17, 15) is 9.18 Å². The summed E-state index contributed by atoms with van der Waals surface area (Å²) in [5, 5.41) is 17.2. The molecular formula is C18H20FN5OS2.